The molecule has 15 heavy (non-hydrogen) atoms. The van der Waals surface area contributed by atoms with Crippen LogP contribution in [0.5, 0.6) is 0 Å². The number of aromatic nitrogens is 2. The Morgan fingerprint density at radius 2 is 1.87 bits per heavy atom. The molecule has 0 amide bonds. The first-order valence-electron chi connectivity index (χ1n) is 4.62. The fraction of sp³-hybridized carbons (Fsp3) is 0.750. The molecule has 0 unspecified atom stereocenters. The average Bonchev–Trinajstić information content (AvgIpc) is 2.69. The second-order valence-electron chi connectivity index (χ2n) is 3.78. The maximum Gasteiger partial charge on any atom is 0.471 e. The minimum absolute atomic E-state index is 0.0349. The number of nitrogens with two attached hydrogens (primary N) is 1. The van der Waals surface area contributed by atoms with Crippen LogP contribution < -0.4 is 5.73 Å². The highest BCUT2D eigenvalue weighted by Gasteiger charge is 2.42. The predicted octanol–water partition coefficient (Wildman–Crippen LogP) is 1.82. The number of hydrogen-bond acceptors (Lipinski definition) is 4. The van der Waals surface area contributed by atoms with Crippen molar-refractivity contribution >= 4 is 0 Å². The summed E-state index contributed by atoms with van der Waals surface area (Å²) in [5.74, 6) is -1.36. The highest BCUT2D eigenvalue weighted by atomic mass is 19.4. The first-order chi connectivity index (χ1) is 6.92. The normalized spacial score (nSPS) is 20.8. The van der Waals surface area contributed by atoms with Gasteiger partial charge >= 0.3 is 12.1 Å². The van der Waals surface area contributed by atoms with Gasteiger partial charge in [-0.15, -0.1) is 0 Å². The maximum absolute atomic E-state index is 12.2. The Morgan fingerprint density at radius 1 is 1.27 bits per heavy atom. The van der Waals surface area contributed by atoms with Crippen LogP contribution in [0.15, 0.2) is 4.52 Å². The molecule has 1 aliphatic rings. The third-order valence-corrected chi connectivity index (χ3v) is 2.61. The quantitative estimate of drug-likeness (QED) is 0.785. The maximum atomic E-state index is 12.2. The van der Waals surface area contributed by atoms with Crippen LogP contribution >= 0.6 is 0 Å². The van der Waals surface area contributed by atoms with E-state index in [9.17, 15) is 13.2 Å². The third kappa shape index (κ3) is 1.83. The highest BCUT2D eigenvalue weighted by Crippen LogP contribution is 2.36. The zero-order chi connectivity index (χ0) is 11.1. The number of alkyl halides is 3. The van der Waals surface area contributed by atoms with Gasteiger partial charge in [0.25, 0.3) is 0 Å². The van der Waals surface area contributed by atoms with Crippen LogP contribution in [0.25, 0.3) is 0 Å². The fourth-order valence-electron chi connectivity index (χ4n) is 1.77. The SMILES string of the molecule is NC1(c2noc(C(F)(F)F)n2)CCCC1. The van der Waals surface area contributed by atoms with E-state index >= 15 is 0 Å². The lowest BCUT2D eigenvalue weighted by atomic mass is 9.99. The van der Waals surface area contributed by atoms with Crippen molar-refractivity contribution in [1.82, 2.24) is 10.1 Å². The van der Waals surface area contributed by atoms with Crippen LogP contribution in [0.1, 0.15) is 37.4 Å². The molecule has 84 valence electrons. The van der Waals surface area contributed by atoms with Crippen LogP contribution in [0.4, 0.5) is 13.2 Å². The summed E-state index contributed by atoms with van der Waals surface area (Å²) in [5, 5.41) is 3.31. The van der Waals surface area contributed by atoms with Gasteiger partial charge in [0.2, 0.25) is 0 Å². The van der Waals surface area contributed by atoms with Crippen LogP contribution in [0.3, 0.4) is 0 Å². The highest BCUT2D eigenvalue weighted by molar-refractivity contribution is 5.07. The summed E-state index contributed by atoms with van der Waals surface area (Å²) in [7, 11) is 0. The smallest absolute Gasteiger partial charge is 0.329 e. The van der Waals surface area contributed by atoms with E-state index in [2.05, 4.69) is 14.7 Å². The molecule has 0 atom stereocenters. The van der Waals surface area contributed by atoms with Crippen molar-refractivity contribution in [2.24, 2.45) is 5.73 Å². The molecule has 0 aromatic carbocycles. The Morgan fingerprint density at radius 3 is 2.33 bits per heavy atom. The van der Waals surface area contributed by atoms with Crippen LogP contribution in [-0.2, 0) is 11.7 Å². The van der Waals surface area contributed by atoms with Gasteiger partial charge in [0.05, 0.1) is 5.54 Å². The average molecular weight is 221 g/mol. The molecule has 1 fully saturated rings. The van der Waals surface area contributed by atoms with Gasteiger partial charge in [-0.2, -0.15) is 18.2 Å². The molecule has 0 radical (unpaired) electrons. The van der Waals surface area contributed by atoms with Gasteiger partial charge in [-0.25, -0.2) is 0 Å². The fourth-order valence-corrected chi connectivity index (χ4v) is 1.77. The zero-order valence-corrected chi connectivity index (χ0v) is 7.84. The number of rotatable bonds is 1. The second kappa shape index (κ2) is 3.19. The predicted molar refractivity (Wildman–Crippen MR) is 43.6 cm³/mol. The molecule has 2 rings (SSSR count). The largest absolute Gasteiger partial charge is 0.471 e. The number of hydrogen-bond donors (Lipinski definition) is 1. The summed E-state index contributed by atoms with van der Waals surface area (Å²) in [4.78, 5) is 3.31. The molecular formula is C8H10F3N3O. The van der Waals surface area contributed by atoms with Crippen molar-refractivity contribution in [3.63, 3.8) is 0 Å². The molecular weight excluding hydrogens is 211 g/mol. The second-order valence-corrected chi connectivity index (χ2v) is 3.78. The molecule has 1 aromatic rings. The molecule has 1 saturated carbocycles. The van der Waals surface area contributed by atoms with Crippen molar-refractivity contribution in [3.05, 3.63) is 11.7 Å². The van der Waals surface area contributed by atoms with Gasteiger partial charge in [-0.3, -0.25) is 0 Å². The lowest BCUT2D eigenvalue weighted by molar-refractivity contribution is -0.159. The zero-order valence-electron chi connectivity index (χ0n) is 7.84. The molecule has 0 bridgehead atoms. The van der Waals surface area contributed by atoms with E-state index in [0.29, 0.717) is 12.8 Å². The summed E-state index contributed by atoms with van der Waals surface area (Å²) in [6.45, 7) is 0. The van der Waals surface area contributed by atoms with E-state index in [-0.39, 0.29) is 5.82 Å². The van der Waals surface area contributed by atoms with Crippen molar-refractivity contribution in [2.45, 2.75) is 37.4 Å². The van der Waals surface area contributed by atoms with Crippen LogP contribution in [0.2, 0.25) is 0 Å². The standard InChI is InChI=1S/C8H10F3N3O/c9-8(10,11)6-13-5(14-15-6)7(12)3-1-2-4-7/h1-4,12H2. The number of halogens is 3. The first-order valence-corrected chi connectivity index (χ1v) is 4.62. The minimum atomic E-state index is -4.60. The number of nitrogens with zero attached hydrogens (tertiary/aromatic N) is 2. The lowest BCUT2D eigenvalue weighted by Crippen LogP contribution is -2.34. The summed E-state index contributed by atoms with van der Waals surface area (Å²) in [5.41, 5.74) is 5.04. The molecule has 1 heterocycles. The lowest BCUT2D eigenvalue weighted by Gasteiger charge is -2.17. The van der Waals surface area contributed by atoms with Gasteiger partial charge in [0, 0.05) is 0 Å². The van der Waals surface area contributed by atoms with Crippen molar-refractivity contribution in [2.75, 3.05) is 0 Å². The van der Waals surface area contributed by atoms with Crippen LogP contribution in [-0.4, -0.2) is 10.1 Å². The molecule has 1 aliphatic carbocycles. The van der Waals surface area contributed by atoms with E-state index in [1.54, 1.807) is 0 Å². The van der Waals surface area contributed by atoms with Gasteiger partial charge in [-0.05, 0) is 12.8 Å². The van der Waals surface area contributed by atoms with Crippen LogP contribution in [0, 0.1) is 0 Å². The molecule has 1 aromatic heterocycles. The van der Waals surface area contributed by atoms with E-state index in [0.717, 1.165) is 12.8 Å². The molecule has 0 spiro atoms. The Kier molecular flexibility index (Phi) is 2.22. The topological polar surface area (TPSA) is 64.9 Å². The third-order valence-electron chi connectivity index (χ3n) is 2.61. The summed E-state index contributed by atoms with van der Waals surface area (Å²) in [6.07, 6.45) is -1.63. The first kappa shape index (κ1) is 10.4. The molecule has 4 nitrogen and oxygen atoms in total. The summed E-state index contributed by atoms with van der Waals surface area (Å²) >= 11 is 0. The Hall–Kier alpha value is -1.11. The van der Waals surface area contributed by atoms with E-state index in [1.165, 1.54) is 0 Å². The summed E-state index contributed by atoms with van der Waals surface area (Å²) < 4.78 is 40.7. The Bertz CT molecular complexity index is 354. The van der Waals surface area contributed by atoms with Crippen molar-refractivity contribution in [1.29, 1.82) is 0 Å². The van der Waals surface area contributed by atoms with Gasteiger partial charge in [-0.1, -0.05) is 18.0 Å². The van der Waals surface area contributed by atoms with E-state index in [1.807, 2.05) is 0 Å². The molecule has 0 saturated heterocycles. The molecule has 0 aliphatic heterocycles. The minimum Gasteiger partial charge on any atom is -0.329 e. The molecule has 2 N–H and O–H groups in total. The summed E-state index contributed by atoms with van der Waals surface area (Å²) in [6, 6.07) is 0. The van der Waals surface area contributed by atoms with E-state index in [4.69, 9.17) is 5.73 Å². The van der Waals surface area contributed by atoms with Gasteiger partial charge < -0.3 is 10.3 Å². The Balaban J connectivity index is 2.27. The van der Waals surface area contributed by atoms with E-state index < -0.39 is 17.6 Å². The van der Waals surface area contributed by atoms with Gasteiger partial charge in [0.15, 0.2) is 5.82 Å². The van der Waals surface area contributed by atoms with Crippen molar-refractivity contribution < 1.29 is 17.7 Å². The van der Waals surface area contributed by atoms with Gasteiger partial charge in [0.1, 0.15) is 0 Å². The van der Waals surface area contributed by atoms with Crippen molar-refractivity contribution in [3.8, 4) is 0 Å². The molecule has 7 heteroatoms. The Labute approximate surface area is 83.6 Å². The monoisotopic (exact) mass is 221 g/mol.